The Morgan fingerprint density at radius 2 is 1.53 bits per heavy atom. The van der Waals surface area contributed by atoms with Gasteiger partial charge in [-0.05, 0) is 59.0 Å². The van der Waals surface area contributed by atoms with Crippen LogP contribution in [0.5, 0.6) is 0 Å². The predicted octanol–water partition coefficient (Wildman–Crippen LogP) is 5.93. The summed E-state index contributed by atoms with van der Waals surface area (Å²) in [6.07, 6.45) is 0. The first-order chi connectivity index (χ1) is 14.1. The van der Waals surface area contributed by atoms with Crippen molar-refractivity contribution in [2.45, 2.75) is 19.8 Å². The third-order valence-electron chi connectivity index (χ3n) is 4.87. The minimum absolute atomic E-state index is 0.0757. The molecule has 0 atom stereocenters. The summed E-state index contributed by atoms with van der Waals surface area (Å²) in [6.45, 7) is 2.66. The van der Waals surface area contributed by atoms with Gasteiger partial charge in [0.2, 0.25) is 0 Å². The highest BCUT2D eigenvalue weighted by Crippen LogP contribution is 2.37. The largest absolute Gasteiger partial charge is 0.478 e. The van der Waals surface area contributed by atoms with Crippen molar-refractivity contribution >= 4 is 11.9 Å². The maximum Gasteiger partial charge on any atom is 0.337 e. The molecular weight excluding hydrogens is 390 g/mol. The van der Waals surface area contributed by atoms with Gasteiger partial charge in [-0.3, -0.25) is 0 Å². The Morgan fingerprint density at radius 1 is 0.900 bits per heavy atom. The summed E-state index contributed by atoms with van der Waals surface area (Å²) < 4.78 is 32.6. The Labute approximate surface area is 172 Å². The number of halogens is 2. The molecule has 30 heavy (non-hydrogen) atoms. The number of carboxylic acid groups (broad SMARTS) is 1. The van der Waals surface area contributed by atoms with E-state index in [1.54, 1.807) is 30.3 Å². The van der Waals surface area contributed by atoms with Gasteiger partial charge in [0.1, 0.15) is 0 Å². The second-order valence-electron chi connectivity index (χ2n) is 7.06. The third-order valence-corrected chi connectivity index (χ3v) is 4.87. The van der Waals surface area contributed by atoms with Crippen LogP contribution in [0.4, 0.5) is 8.78 Å². The number of methoxy groups -OCH3 is 1. The number of alkyl halides is 2. The number of carbonyl (C=O) groups excluding carboxylic acids is 1. The van der Waals surface area contributed by atoms with Crippen molar-refractivity contribution in [3.8, 4) is 22.3 Å². The molecule has 0 aliphatic carbocycles. The zero-order valence-corrected chi connectivity index (χ0v) is 16.7. The van der Waals surface area contributed by atoms with Crippen LogP contribution < -0.4 is 0 Å². The number of hydrogen-bond donors (Lipinski definition) is 1. The number of hydrogen-bond acceptors (Lipinski definition) is 3. The Balaban J connectivity index is 2.26. The van der Waals surface area contributed by atoms with Crippen molar-refractivity contribution in [1.29, 1.82) is 0 Å². The topological polar surface area (TPSA) is 63.6 Å². The smallest absolute Gasteiger partial charge is 0.337 e. The molecule has 3 aromatic rings. The zero-order valence-electron chi connectivity index (χ0n) is 16.7. The van der Waals surface area contributed by atoms with Crippen LogP contribution >= 0.6 is 0 Å². The van der Waals surface area contributed by atoms with E-state index in [-0.39, 0.29) is 16.7 Å². The van der Waals surface area contributed by atoms with Gasteiger partial charge in [-0.1, -0.05) is 36.4 Å². The molecule has 0 unspecified atom stereocenters. The fourth-order valence-corrected chi connectivity index (χ4v) is 3.30. The first-order valence-corrected chi connectivity index (χ1v) is 9.17. The second kappa shape index (κ2) is 8.06. The van der Waals surface area contributed by atoms with Gasteiger partial charge in [0.25, 0.3) is 5.92 Å². The van der Waals surface area contributed by atoms with E-state index in [1.165, 1.54) is 37.4 Å². The predicted molar refractivity (Wildman–Crippen MR) is 110 cm³/mol. The summed E-state index contributed by atoms with van der Waals surface area (Å²) in [6, 6.07) is 15.8. The summed E-state index contributed by atoms with van der Waals surface area (Å²) in [5.74, 6) is -4.86. The van der Waals surface area contributed by atoms with E-state index >= 15 is 0 Å². The van der Waals surface area contributed by atoms with Crippen LogP contribution in [0.3, 0.4) is 0 Å². The molecule has 0 saturated carbocycles. The lowest BCUT2D eigenvalue weighted by Gasteiger charge is -2.17. The van der Waals surface area contributed by atoms with Crippen molar-refractivity contribution in [2.24, 2.45) is 0 Å². The average molecular weight is 410 g/mol. The fraction of sp³-hybridized carbons (Fsp3) is 0.167. The lowest BCUT2D eigenvalue weighted by atomic mass is 9.89. The molecular formula is C24H20F2O4. The van der Waals surface area contributed by atoms with Crippen LogP contribution in [0.15, 0.2) is 60.7 Å². The first kappa shape index (κ1) is 21.2. The standard InChI is InChI=1S/C24H20F2O4/c1-14-8-9-18(24(2,25)26)13-21(14)20-7-5-4-6-19(20)15-10-16(22(27)28)12-17(11-15)23(29)30-3/h4-13H,1-3H3,(H,27,28). The van der Waals surface area contributed by atoms with E-state index < -0.39 is 17.9 Å². The van der Waals surface area contributed by atoms with Crippen molar-refractivity contribution < 1.29 is 28.2 Å². The second-order valence-corrected chi connectivity index (χ2v) is 7.06. The van der Waals surface area contributed by atoms with Gasteiger partial charge in [0.15, 0.2) is 0 Å². The number of aryl methyl sites for hydroxylation is 1. The quantitative estimate of drug-likeness (QED) is 0.530. The van der Waals surface area contributed by atoms with Gasteiger partial charge in [0.05, 0.1) is 18.2 Å². The van der Waals surface area contributed by atoms with Gasteiger partial charge in [-0.15, -0.1) is 0 Å². The molecule has 0 heterocycles. The van der Waals surface area contributed by atoms with Crippen molar-refractivity contribution in [1.82, 2.24) is 0 Å². The Hall–Kier alpha value is -3.54. The molecule has 3 aromatic carbocycles. The maximum absolute atomic E-state index is 13.9. The zero-order chi connectivity index (χ0) is 22.1. The number of esters is 1. The summed E-state index contributed by atoms with van der Waals surface area (Å²) in [4.78, 5) is 23.6. The molecule has 154 valence electrons. The van der Waals surface area contributed by atoms with Crippen molar-refractivity contribution in [3.05, 3.63) is 82.9 Å². The maximum atomic E-state index is 13.9. The Bertz CT molecular complexity index is 1130. The Morgan fingerprint density at radius 3 is 2.13 bits per heavy atom. The molecule has 0 spiro atoms. The fourth-order valence-electron chi connectivity index (χ4n) is 3.30. The molecule has 0 saturated heterocycles. The van der Waals surface area contributed by atoms with E-state index in [2.05, 4.69) is 0 Å². The number of aromatic carboxylic acids is 1. The van der Waals surface area contributed by atoms with Crippen LogP contribution in [0.25, 0.3) is 22.3 Å². The van der Waals surface area contributed by atoms with E-state index in [0.717, 1.165) is 12.5 Å². The van der Waals surface area contributed by atoms with E-state index in [0.29, 0.717) is 22.3 Å². The molecule has 6 heteroatoms. The van der Waals surface area contributed by atoms with Gasteiger partial charge >= 0.3 is 11.9 Å². The van der Waals surface area contributed by atoms with Gasteiger partial charge in [-0.25, -0.2) is 18.4 Å². The van der Waals surface area contributed by atoms with E-state index in [1.807, 2.05) is 6.92 Å². The molecule has 4 nitrogen and oxygen atoms in total. The monoisotopic (exact) mass is 410 g/mol. The van der Waals surface area contributed by atoms with E-state index in [9.17, 15) is 23.5 Å². The third kappa shape index (κ3) is 4.22. The Kier molecular flexibility index (Phi) is 5.69. The highest BCUT2D eigenvalue weighted by Gasteiger charge is 2.25. The lowest BCUT2D eigenvalue weighted by Crippen LogP contribution is -2.07. The molecule has 0 amide bonds. The van der Waals surface area contributed by atoms with Gasteiger partial charge < -0.3 is 9.84 Å². The molecule has 0 bridgehead atoms. The summed E-state index contributed by atoms with van der Waals surface area (Å²) in [7, 11) is 1.21. The SMILES string of the molecule is COC(=O)c1cc(C(=O)O)cc(-c2ccccc2-c2cc(C(C)(F)F)ccc2C)c1. The van der Waals surface area contributed by atoms with E-state index in [4.69, 9.17) is 4.74 Å². The highest BCUT2D eigenvalue weighted by molar-refractivity contribution is 5.98. The molecule has 3 rings (SSSR count). The molecule has 0 aliphatic heterocycles. The van der Waals surface area contributed by atoms with Crippen LogP contribution in [-0.2, 0) is 10.7 Å². The lowest BCUT2D eigenvalue weighted by molar-refractivity contribution is 0.0175. The highest BCUT2D eigenvalue weighted by atomic mass is 19.3. The summed E-state index contributed by atoms with van der Waals surface area (Å²) >= 11 is 0. The van der Waals surface area contributed by atoms with Gasteiger partial charge in [0, 0.05) is 12.5 Å². The van der Waals surface area contributed by atoms with Crippen LogP contribution in [0, 0.1) is 6.92 Å². The number of benzene rings is 3. The summed E-state index contributed by atoms with van der Waals surface area (Å²) in [5, 5.41) is 9.46. The minimum Gasteiger partial charge on any atom is -0.478 e. The normalized spacial score (nSPS) is 11.2. The van der Waals surface area contributed by atoms with Crippen molar-refractivity contribution in [3.63, 3.8) is 0 Å². The number of ether oxygens (including phenoxy) is 1. The molecule has 1 N–H and O–H groups in total. The molecule has 0 fully saturated rings. The molecule has 0 radical (unpaired) electrons. The molecule has 0 aliphatic rings. The number of carboxylic acids is 1. The number of carbonyl (C=O) groups is 2. The van der Waals surface area contributed by atoms with Crippen LogP contribution in [-0.4, -0.2) is 24.2 Å². The van der Waals surface area contributed by atoms with Crippen molar-refractivity contribution in [2.75, 3.05) is 7.11 Å². The van der Waals surface area contributed by atoms with Crippen LogP contribution in [0.1, 0.15) is 38.8 Å². The van der Waals surface area contributed by atoms with Gasteiger partial charge in [-0.2, -0.15) is 0 Å². The average Bonchev–Trinajstić information content (AvgIpc) is 2.72. The van der Waals surface area contributed by atoms with Crippen LogP contribution in [0.2, 0.25) is 0 Å². The first-order valence-electron chi connectivity index (χ1n) is 9.17. The minimum atomic E-state index is -3.00. The molecule has 0 aromatic heterocycles. The number of rotatable bonds is 5. The summed E-state index contributed by atoms with van der Waals surface area (Å²) in [5.41, 5.74) is 3.03.